The van der Waals surface area contributed by atoms with Gasteiger partial charge in [0, 0.05) is 23.9 Å². The van der Waals surface area contributed by atoms with Crippen molar-refractivity contribution in [3.63, 3.8) is 0 Å². The maximum Gasteiger partial charge on any atom is 0.186 e. The van der Waals surface area contributed by atoms with Gasteiger partial charge in [-0.25, -0.2) is 0 Å². The number of hydrazone groups is 2. The topological polar surface area (TPSA) is 113 Å². The maximum atomic E-state index is 5.79. The van der Waals surface area contributed by atoms with Crippen LogP contribution in [-0.2, 0) is 0 Å². The van der Waals surface area contributed by atoms with Crippen LogP contribution in [0.15, 0.2) is 64.8 Å². The van der Waals surface area contributed by atoms with Gasteiger partial charge in [0.2, 0.25) is 0 Å². The highest BCUT2D eigenvalue weighted by atomic mass is 32.1. The van der Waals surface area contributed by atoms with E-state index in [1.807, 2.05) is 42.5 Å². The van der Waals surface area contributed by atoms with Crippen LogP contribution >= 0.6 is 24.4 Å². The molecule has 0 radical (unpaired) electrons. The number of hydrogen-bond acceptors (Lipinski definition) is 5. The van der Waals surface area contributed by atoms with Crippen LogP contribution in [0.2, 0.25) is 0 Å². The lowest BCUT2D eigenvalue weighted by Gasteiger charge is -2.12. The number of nitrogens with two attached hydrogens (primary N) is 2. The molecule has 0 aromatic heterocycles. The van der Waals surface area contributed by atoms with Crippen LogP contribution in [0.25, 0.3) is 0 Å². The molecule has 0 bridgehead atoms. The fourth-order valence-electron chi connectivity index (χ4n) is 2.02. The fraction of sp³-hybridized carbons (Fsp3) is 0.0588. The molecule has 0 saturated heterocycles. The van der Waals surface area contributed by atoms with Crippen LogP contribution in [0.3, 0.4) is 0 Å². The second kappa shape index (κ2) is 9.44. The number of rotatable bonds is 5. The molecular formula is C17H19N7S2. The van der Waals surface area contributed by atoms with E-state index >= 15 is 0 Å². The van der Waals surface area contributed by atoms with Crippen LogP contribution < -0.4 is 27.6 Å². The summed E-state index contributed by atoms with van der Waals surface area (Å²) >= 11 is 9.97. The fourth-order valence-corrected chi connectivity index (χ4v) is 2.11. The highest BCUT2D eigenvalue weighted by Gasteiger charge is 2.15. The van der Waals surface area contributed by atoms with Crippen molar-refractivity contribution in [1.29, 1.82) is 0 Å². The summed E-state index contributed by atoms with van der Waals surface area (Å²) in [5.74, 6) is 0. The zero-order valence-corrected chi connectivity index (χ0v) is 15.7. The van der Waals surface area contributed by atoms with Crippen LogP contribution in [0, 0.1) is 0 Å². The Morgan fingerprint density at radius 2 is 1.38 bits per heavy atom. The van der Waals surface area contributed by atoms with Gasteiger partial charge in [-0.2, -0.15) is 10.2 Å². The molecule has 26 heavy (non-hydrogen) atoms. The van der Waals surface area contributed by atoms with Crippen molar-refractivity contribution in [3.05, 3.63) is 65.7 Å². The van der Waals surface area contributed by atoms with Gasteiger partial charge in [-0.1, -0.05) is 42.5 Å². The standard InChI is InChI=1S/C17H19N7S2/c1-20-17(26)24-22-15(12-7-9-13(18)10-8-12)14(21-23-16(19)25)11-5-3-2-4-6-11/h2-10H,18H2,1H3,(H3,19,23,25)(H2,20,24,26)/b21-14+,22-15+. The van der Waals surface area contributed by atoms with Gasteiger partial charge in [0.05, 0.1) is 0 Å². The van der Waals surface area contributed by atoms with Crippen LogP contribution in [-0.4, -0.2) is 28.7 Å². The Kier molecular flexibility index (Phi) is 7.01. The van der Waals surface area contributed by atoms with Crippen molar-refractivity contribution >= 4 is 51.8 Å². The lowest BCUT2D eigenvalue weighted by atomic mass is 10.00. The summed E-state index contributed by atoms with van der Waals surface area (Å²) in [5, 5.41) is 12.0. The molecule has 134 valence electrons. The average molecular weight is 386 g/mol. The van der Waals surface area contributed by atoms with E-state index < -0.39 is 0 Å². The van der Waals surface area contributed by atoms with Gasteiger partial charge in [-0.3, -0.25) is 10.9 Å². The average Bonchev–Trinajstić information content (AvgIpc) is 2.65. The van der Waals surface area contributed by atoms with E-state index in [0.717, 1.165) is 11.1 Å². The van der Waals surface area contributed by atoms with Crippen LogP contribution in [0.5, 0.6) is 0 Å². The Hall–Kier alpha value is -3.04. The van der Waals surface area contributed by atoms with Gasteiger partial charge in [0.1, 0.15) is 11.4 Å². The molecule has 7 N–H and O–H groups in total. The van der Waals surface area contributed by atoms with E-state index in [-0.39, 0.29) is 5.11 Å². The molecule has 0 aliphatic heterocycles. The monoisotopic (exact) mass is 385 g/mol. The lowest BCUT2D eigenvalue weighted by Crippen LogP contribution is -2.32. The van der Waals surface area contributed by atoms with Gasteiger partial charge in [0.15, 0.2) is 10.2 Å². The molecule has 0 atom stereocenters. The minimum Gasteiger partial charge on any atom is -0.399 e. The maximum absolute atomic E-state index is 5.79. The van der Waals surface area contributed by atoms with E-state index in [9.17, 15) is 0 Å². The van der Waals surface area contributed by atoms with Gasteiger partial charge in [0.25, 0.3) is 0 Å². The SMILES string of the molecule is CNC(=S)N/N=C(/C(=N/NC(N)=S)c1ccccc1)c1ccc(N)cc1. The highest BCUT2D eigenvalue weighted by molar-refractivity contribution is 7.80. The first kappa shape index (κ1) is 19.3. The van der Waals surface area contributed by atoms with Crippen LogP contribution in [0.4, 0.5) is 5.69 Å². The number of thiocarbonyl (C=S) groups is 2. The van der Waals surface area contributed by atoms with E-state index in [1.165, 1.54) is 0 Å². The number of hydrogen-bond donors (Lipinski definition) is 5. The zero-order chi connectivity index (χ0) is 18.9. The zero-order valence-electron chi connectivity index (χ0n) is 14.1. The van der Waals surface area contributed by atoms with Crippen molar-refractivity contribution in [2.75, 3.05) is 12.8 Å². The third kappa shape index (κ3) is 5.50. The van der Waals surface area contributed by atoms with Gasteiger partial charge in [-0.05, 0) is 36.6 Å². The number of benzene rings is 2. The minimum atomic E-state index is 0.0498. The summed E-state index contributed by atoms with van der Waals surface area (Å²) in [5.41, 5.74) is 20.1. The van der Waals surface area contributed by atoms with Crippen molar-refractivity contribution in [3.8, 4) is 0 Å². The smallest absolute Gasteiger partial charge is 0.186 e. The Labute approximate surface area is 162 Å². The van der Waals surface area contributed by atoms with Crippen LogP contribution in [0.1, 0.15) is 11.1 Å². The van der Waals surface area contributed by atoms with Gasteiger partial charge >= 0.3 is 0 Å². The quantitative estimate of drug-likeness (QED) is 0.228. The Balaban J connectivity index is 2.56. The Morgan fingerprint density at radius 1 is 0.846 bits per heavy atom. The lowest BCUT2D eigenvalue weighted by molar-refractivity contribution is 0.976. The summed E-state index contributed by atoms with van der Waals surface area (Å²) in [7, 11) is 1.70. The summed E-state index contributed by atoms with van der Waals surface area (Å²) in [4.78, 5) is 0. The largest absolute Gasteiger partial charge is 0.399 e. The first-order chi connectivity index (χ1) is 12.5. The first-order valence-corrected chi connectivity index (χ1v) is 8.43. The normalized spacial score (nSPS) is 11.6. The third-order valence-electron chi connectivity index (χ3n) is 3.23. The molecule has 0 saturated carbocycles. The van der Waals surface area contributed by atoms with Crippen molar-refractivity contribution in [2.24, 2.45) is 15.9 Å². The van der Waals surface area contributed by atoms with Crippen molar-refractivity contribution < 1.29 is 0 Å². The summed E-state index contributed by atoms with van der Waals surface area (Å²) < 4.78 is 0. The summed E-state index contributed by atoms with van der Waals surface area (Å²) in [6, 6.07) is 16.8. The van der Waals surface area contributed by atoms with Gasteiger partial charge < -0.3 is 16.8 Å². The molecule has 7 nitrogen and oxygen atoms in total. The number of anilines is 1. The predicted molar refractivity (Wildman–Crippen MR) is 115 cm³/mol. The molecule has 0 heterocycles. The molecule has 9 heteroatoms. The minimum absolute atomic E-state index is 0.0498. The first-order valence-electron chi connectivity index (χ1n) is 7.61. The number of nitrogens with zero attached hydrogens (tertiary/aromatic N) is 2. The molecular weight excluding hydrogens is 366 g/mol. The highest BCUT2D eigenvalue weighted by Crippen LogP contribution is 2.12. The second-order valence-corrected chi connectivity index (χ2v) is 5.92. The molecule has 2 aromatic rings. The Bertz CT molecular complexity index is 830. The van der Waals surface area contributed by atoms with Gasteiger partial charge in [-0.15, -0.1) is 0 Å². The van der Waals surface area contributed by atoms with E-state index in [4.69, 9.17) is 35.9 Å². The van der Waals surface area contributed by atoms with E-state index in [0.29, 0.717) is 22.2 Å². The van der Waals surface area contributed by atoms with E-state index in [1.54, 1.807) is 19.2 Å². The molecule has 0 amide bonds. The molecule has 0 aliphatic rings. The van der Waals surface area contributed by atoms with Crippen molar-refractivity contribution in [2.45, 2.75) is 0 Å². The Morgan fingerprint density at radius 3 is 1.92 bits per heavy atom. The second-order valence-electron chi connectivity index (χ2n) is 5.08. The molecule has 2 aromatic carbocycles. The summed E-state index contributed by atoms with van der Waals surface area (Å²) in [6.45, 7) is 0. The molecule has 0 unspecified atom stereocenters. The van der Waals surface area contributed by atoms with Crippen molar-refractivity contribution in [1.82, 2.24) is 16.2 Å². The molecule has 0 fully saturated rings. The molecule has 2 rings (SSSR count). The van der Waals surface area contributed by atoms with E-state index in [2.05, 4.69) is 26.4 Å². The number of nitrogens with one attached hydrogen (secondary N) is 3. The number of nitrogen functional groups attached to an aromatic ring is 1. The predicted octanol–water partition coefficient (Wildman–Crippen LogP) is 1.30. The third-order valence-corrected chi connectivity index (χ3v) is 3.62. The molecule has 0 aliphatic carbocycles. The molecule has 0 spiro atoms. The summed E-state index contributed by atoms with van der Waals surface area (Å²) in [6.07, 6.45) is 0.